The Kier molecular flexibility index (Phi) is 5.57. The van der Waals surface area contributed by atoms with Gasteiger partial charge in [0.15, 0.2) is 0 Å². The van der Waals surface area contributed by atoms with Crippen LogP contribution < -0.4 is 15.0 Å². The molecule has 1 N–H and O–H groups in total. The fourth-order valence-corrected chi connectivity index (χ4v) is 3.96. The number of halogens is 2. The lowest BCUT2D eigenvalue weighted by molar-refractivity contribution is -0.142. The second-order valence-electron chi connectivity index (χ2n) is 8.69. The number of nitrogens with one attached hydrogen (secondary N) is 1. The predicted octanol–water partition coefficient (Wildman–Crippen LogP) is 2.11. The Hall–Kier alpha value is -2.78. The molecular formula is C21H25F2N3O5. The minimum atomic E-state index is -2.75. The fourth-order valence-electron chi connectivity index (χ4n) is 3.96. The lowest BCUT2D eigenvalue weighted by atomic mass is 9.93. The number of rotatable bonds is 8. The number of nitrogens with zero attached hydrogens (tertiary/aromatic N) is 2. The van der Waals surface area contributed by atoms with Crippen molar-refractivity contribution in [3.05, 3.63) is 17.8 Å². The molecule has 4 rings (SSSR count). The molecule has 1 aromatic rings. The van der Waals surface area contributed by atoms with E-state index in [0.29, 0.717) is 24.6 Å². The number of ether oxygens (including phenoxy) is 2. The Balaban J connectivity index is 1.53. The summed E-state index contributed by atoms with van der Waals surface area (Å²) in [7, 11) is 1.25. The van der Waals surface area contributed by atoms with Crippen molar-refractivity contribution in [3.63, 3.8) is 0 Å². The molecule has 1 amide bonds. The maximum Gasteiger partial charge on any atom is 0.307 e. The molecule has 1 saturated heterocycles. The van der Waals surface area contributed by atoms with Crippen LogP contribution in [-0.2, 0) is 14.3 Å². The number of carbonyl (C=O) groups excluding carboxylic acids is 3. The van der Waals surface area contributed by atoms with Crippen molar-refractivity contribution in [1.82, 2.24) is 10.3 Å². The lowest BCUT2D eigenvalue weighted by Gasteiger charge is -2.40. The van der Waals surface area contributed by atoms with Crippen molar-refractivity contribution in [2.45, 2.75) is 50.0 Å². The van der Waals surface area contributed by atoms with E-state index in [9.17, 15) is 23.2 Å². The van der Waals surface area contributed by atoms with Crippen LogP contribution in [0.1, 0.15) is 49.0 Å². The molecule has 2 heterocycles. The molecule has 1 aromatic heterocycles. The van der Waals surface area contributed by atoms with Crippen LogP contribution in [0.3, 0.4) is 0 Å². The molecule has 0 radical (unpaired) electrons. The summed E-state index contributed by atoms with van der Waals surface area (Å²) in [5, 5.41) is 2.79. The van der Waals surface area contributed by atoms with Crippen molar-refractivity contribution in [3.8, 4) is 5.88 Å². The van der Waals surface area contributed by atoms with Gasteiger partial charge in [-0.25, -0.2) is 13.8 Å². The lowest BCUT2D eigenvalue weighted by Crippen LogP contribution is -2.56. The van der Waals surface area contributed by atoms with Gasteiger partial charge in [-0.2, -0.15) is 0 Å². The Labute approximate surface area is 178 Å². The zero-order chi connectivity index (χ0) is 22.2. The Morgan fingerprint density at radius 1 is 1.29 bits per heavy atom. The van der Waals surface area contributed by atoms with Crippen molar-refractivity contribution in [1.29, 1.82) is 0 Å². The number of ketones is 1. The van der Waals surface area contributed by atoms with E-state index < -0.39 is 36.4 Å². The minimum Gasteiger partial charge on any atom is -0.476 e. The molecule has 0 spiro atoms. The number of hydrogen-bond donors (Lipinski definition) is 1. The van der Waals surface area contributed by atoms with E-state index in [-0.39, 0.29) is 36.6 Å². The van der Waals surface area contributed by atoms with Crippen molar-refractivity contribution in [2.24, 2.45) is 5.92 Å². The molecule has 1 aliphatic heterocycles. The SMILES string of the molecule is COC(=O)CC1(NC(=O)c2ccc(N3CC(F)(F)C3)c(OCC3CC3)n2)CCC(=O)C1. The first-order valence-electron chi connectivity index (χ1n) is 10.4. The normalized spacial score (nSPS) is 24.5. The van der Waals surface area contributed by atoms with E-state index in [4.69, 9.17) is 9.47 Å². The molecule has 0 aromatic carbocycles. The van der Waals surface area contributed by atoms with Gasteiger partial charge in [-0.05, 0) is 37.3 Å². The molecule has 1 atom stereocenters. The van der Waals surface area contributed by atoms with Crippen molar-refractivity contribution in [2.75, 3.05) is 31.7 Å². The predicted molar refractivity (Wildman–Crippen MR) is 105 cm³/mol. The quantitative estimate of drug-likeness (QED) is 0.622. The average molecular weight is 437 g/mol. The highest BCUT2D eigenvalue weighted by molar-refractivity contribution is 5.95. The fraction of sp³-hybridized carbons (Fsp3) is 0.619. The number of carbonyl (C=O) groups is 3. The zero-order valence-electron chi connectivity index (χ0n) is 17.3. The molecule has 168 valence electrons. The molecular weight excluding hydrogens is 412 g/mol. The smallest absolute Gasteiger partial charge is 0.307 e. The van der Waals surface area contributed by atoms with Crippen molar-refractivity contribution < 1.29 is 32.6 Å². The second-order valence-corrected chi connectivity index (χ2v) is 8.69. The van der Waals surface area contributed by atoms with Crippen LogP contribution in [0.15, 0.2) is 12.1 Å². The largest absolute Gasteiger partial charge is 0.476 e. The summed E-state index contributed by atoms with van der Waals surface area (Å²) in [4.78, 5) is 42.4. The van der Waals surface area contributed by atoms with E-state index in [1.165, 1.54) is 18.1 Å². The maximum absolute atomic E-state index is 13.3. The maximum atomic E-state index is 13.3. The van der Waals surface area contributed by atoms with Gasteiger partial charge in [0.25, 0.3) is 11.8 Å². The van der Waals surface area contributed by atoms with Crippen LogP contribution in [-0.4, -0.2) is 60.9 Å². The number of pyridine rings is 1. The molecule has 2 saturated carbocycles. The van der Waals surface area contributed by atoms with E-state index in [0.717, 1.165) is 12.8 Å². The van der Waals surface area contributed by atoms with Crippen LogP contribution in [0.25, 0.3) is 0 Å². The summed E-state index contributed by atoms with van der Waals surface area (Å²) in [5.74, 6) is -3.32. The highest BCUT2D eigenvalue weighted by Crippen LogP contribution is 2.38. The number of anilines is 1. The summed E-state index contributed by atoms with van der Waals surface area (Å²) in [5.41, 5.74) is -0.565. The molecule has 0 bridgehead atoms. The van der Waals surface area contributed by atoms with Gasteiger partial charge >= 0.3 is 5.97 Å². The number of aromatic nitrogens is 1. The molecule has 8 nitrogen and oxygen atoms in total. The van der Waals surface area contributed by atoms with E-state index in [1.54, 1.807) is 6.07 Å². The van der Waals surface area contributed by atoms with Crippen molar-refractivity contribution >= 4 is 23.3 Å². The van der Waals surface area contributed by atoms with Gasteiger partial charge in [-0.15, -0.1) is 0 Å². The van der Waals surface area contributed by atoms with Gasteiger partial charge in [-0.1, -0.05) is 0 Å². The number of hydrogen-bond acceptors (Lipinski definition) is 7. The second kappa shape index (κ2) is 8.05. The summed E-state index contributed by atoms with van der Waals surface area (Å²) in [6.07, 6.45) is 2.61. The summed E-state index contributed by atoms with van der Waals surface area (Å²) in [6.45, 7) is -0.440. The van der Waals surface area contributed by atoms with Gasteiger partial charge in [0.1, 0.15) is 17.2 Å². The van der Waals surface area contributed by atoms with Crippen LogP contribution in [0.2, 0.25) is 0 Å². The van der Waals surface area contributed by atoms with Gasteiger partial charge in [0.05, 0.1) is 38.8 Å². The van der Waals surface area contributed by atoms with Crippen LogP contribution in [0.4, 0.5) is 14.5 Å². The molecule has 3 fully saturated rings. The first-order chi connectivity index (χ1) is 14.7. The van der Waals surface area contributed by atoms with Crippen LogP contribution in [0, 0.1) is 5.92 Å². The highest BCUT2D eigenvalue weighted by atomic mass is 19.3. The Morgan fingerprint density at radius 3 is 2.61 bits per heavy atom. The zero-order valence-corrected chi connectivity index (χ0v) is 17.3. The summed E-state index contributed by atoms with van der Waals surface area (Å²) < 4.78 is 37.2. The number of Topliss-reactive ketones (excluding diaryl/α,β-unsaturated/α-hetero) is 1. The average Bonchev–Trinajstić information content (AvgIpc) is 3.46. The Morgan fingerprint density at radius 2 is 2.03 bits per heavy atom. The molecule has 1 unspecified atom stereocenters. The number of methoxy groups -OCH3 is 1. The minimum absolute atomic E-state index is 0.0328. The third kappa shape index (κ3) is 4.94. The first-order valence-corrected chi connectivity index (χ1v) is 10.4. The van der Waals surface area contributed by atoms with Gasteiger partial charge in [0, 0.05) is 12.8 Å². The standard InChI is InChI=1S/C21H25F2N3O5/c1-30-17(28)9-20(7-6-14(27)8-20)25-18(29)15-4-5-16(26-11-21(22,23)12-26)19(24-15)31-10-13-2-3-13/h4-5,13H,2-3,6-12H2,1H3,(H,25,29). The number of esters is 1. The summed E-state index contributed by atoms with van der Waals surface area (Å²) in [6, 6.07) is 2.99. The third-order valence-electron chi connectivity index (χ3n) is 5.92. The topological polar surface area (TPSA) is 97.8 Å². The van der Waals surface area contributed by atoms with Gasteiger partial charge < -0.3 is 19.7 Å². The van der Waals surface area contributed by atoms with E-state index in [2.05, 4.69) is 10.3 Å². The van der Waals surface area contributed by atoms with Crippen LogP contribution in [0.5, 0.6) is 5.88 Å². The Bertz CT molecular complexity index is 897. The highest BCUT2D eigenvalue weighted by Gasteiger charge is 2.45. The van der Waals surface area contributed by atoms with Gasteiger partial charge in [-0.3, -0.25) is 14.4 Å². The molecule has 3 aliphatic rings. The third-order valence-corrected chi connectivity index (χ3v) is 5.92. The molecule has 2 aliphatic carbocycles. The monoisotopic (exact) mass is 437 g/mol. The van der Waals surface area contributed by atoms with E-state index in [1.807, 2.05) is 0 Å². The van der Waals surface area contributed by atoms with E-state index >= 15 is 0 Å². The summed E-state index contributed by atoms with van der Waals surface area (Å²) >= 11 is 0. The molecule has 10 heteroatoms. The molecule has 31 heavy (non-hydrogen) atoms. The van der Waals surface area contributed by atoms with Crippen LogP contribution >= 0.6 is 0 Å². The number of amides is 1. The van der Waals surface area contributed by atoms with Gasteiger partial charge in [0.2, 0.25) is 5.88 Å². The number of alkyl halides is 2. The first kappa shape index (κ1) is 21.5.